The summed E-state index contributed by atoms with van der Waals surface area (Å²) >= 11 is 5.92. The molecule has 78 valence electrons. The van der Waals surface area contributed by atoms with Gasteiger partial charge in [-0.25, -0.2) is 0 Å². The summed E-state index contributed by atoms with van der Waals surface area (Å²) in [5.74, 6) is 0. The summed E-state index contributed by atoms with van der Waals surface area (Å²) in [6.07, 6.45) is 3.81. The lowest BCUT2D eigenvalue weighted by molar-refractivity contribution is 0.705. The first-order valence-corrected chi connectivity index (χ1v) is 5.58. The normalized spacial score (nSPS) is 10.2. The van der Waals surface area contributed by atoms with Crippen molar-refractivity contribution in [3.8, 4) is 0 Å². The van der Waals surface area contributed by atoms with Crippen LogP contribution in [-0.2, 0) is 0 Å². The fourth-order valence-electron chi connectivity index (χ4n) is 1.44. The van der Waals surface area contributed by atoms with Crippen molar-refractivity contribution in [2.24, 2.45) is 0 Å². The van der Waals surface area contributed by atoms with Crippen molar-refractivity contribution in [2.75, 3.05) is 18.5 Å². The molecule has 2 heteroatoms. The van der Waals surface area contributed by atoms with Crippen molar-refractivity contribution in [1.82, 2.24) is 0 Å². The summed E-state index contributed by atoms with van der Waals surface area (Å²) < 4.78 is 0. The van der Waals surface area contributed by atoms with E-state index in [0.717, 1.165) is 11.6 Å². The highest BCUT2D eigenvalue weighted by molar-refractivity contribution is 6.30. The Balaban J connectivity index is 2.47. The maximum Gasteiger partial charge on any atom is 0.0426 e. The van der Waals surface area contributed by atoms with Crippen LogP contribution in [0, 0.1) is 0 Å². The van der Waals surface area contributed by atoms with Gasteiger partial charge >= 0.3 is 0 Å². The first-order valence-electron chi connectivity index (χ1n) is 5.20. The van der Waals surface area contributed by atoms with Crippen LogP contribution in [0.5, 0.6) is 0 Å². The molecule has 0 aliphatic rings. The van der Waals surface area contributed by atoms with Crippen LogP contribution >= 0.6 is 11.6 Å². The average Bonchev–Trinajstić information content (AvgIpc) is 2.18. The van der Waals surface area contributed by atoms with Gasteiger partial charge in [-0.15, -0.1) is 0 Å². The quantitative estimate of drug-likeness (QED) is 0.667. The van der Waals surface area contributed by atoms with Gasteiger partial charge in [-0.3, -0.25) is 0 Å². The van der Waals surface area contributed by atoms with E-state index in [1.54, 1.807) is 0 Å². The summed E-state index contributed by atoms with van der Waals surface area (Å²) in [5.41, 5.74) is 1.20. The third-order valence-corrected chi connectivity index (χ3v) is 2.58. The first kappa shape index (κ1) is 11.4. The van der Waals surface area contributed by atoms with E-state index in [0.29, 0.717) is 0 Å². The lowest BCUT2D eigenvalue weighted by Crippen LogP contribution is -2.18. The minimum atomic E-state index is 0.810. The molecule has 0 N–H and O–H groups in total. The number of unbranched alkanes of at least 4 members (excludes halogenated alkanes) is 2. The third kappa shape index (κ3) is 3.59. The van der Waals surface area contributed by atoms with Gasteiger partial charge in [0.25, 0.3) is 0 Å². The minimum Gasteiger partial charge on any atom is -0.375 e. The highest BCUT2D eigenvalue weighted by Gasteiger charge is 1.99. The monoisotopic (exact) mass is 211 g/mol. The Labute approximate surface area is 91.7 Å². The summed E-state index contributed by atoms with van der Waals surface area (Å²) in [6, 6.07) is 8.00. The Hall–Kier alpha value is -0.690. The standard InChI is InChI=1S/C12H18ClN/c1-3-4-5-9-14(2)12-8-6-7-11(13)10-12/h6-8,10H,3-5,9H2,1-2H3. The Morgan fingerprint density at radius 2 is 2.07 bits per heavy atom. The van der Waals surface area contributed by atoms with Crippen molar-refractivity contribution >= 4 is 17.3 Å². The molecule has 0 fully saturated rings. The second-order valence-corrected chi connectivity index (χ2v) is 4.04. The Bertz CT molecular complexity index is 273. The molecule has 0 saturated carbocycles. The van der Waals surface area contributed by atoms with Crippen LogP contribution in [0.1, 0.15) is 26.2 Å². The largest absolute Gasteiger partial charge is 0.375 e. The average molecular weight is 212 g/mol. The van der Waals surface area contributed by atoms with Crippen LogP contribution in [0.25, 0.3) is 0 Å². The van der Waals surface area contributed by atoms with Crippen molar-refractivity contribution in [1.29, 1.82) is 0 Å². The third-order valence-electron chi connectivity index (χ3n) is 2.35. The molecule has 0 radical (unpaired) electrons. The molecule has 14 heavy (non-hydrogen) atoms. The molecule has 1 nitrogen and oxygen atoms in total. The van der Waals surface area contributed by atoms with Crippen molar-refractivity contribution in [2.45, 2.75) is 26.2 Å². The molecule has 0 amide bonds. The van der Waals surface area contributed by atoms with Gasteiger partial charge in [0, 0.05) is 24.3 Å². The zero-order valence-corrected chi connectivity index (χ0v) is 9.72. The van der Waals surface area contributed by atoms with Gasteiger partial charge in [-0.05, 0) is 24.6 Å². The van der Waals surface area contributed by atoms with Crippen molar-refractivity contribution < 1.29 is 0 Å². The van der Waals surface area contributed by atoms with E-state index in [4.69, 9.17) is 11.6 Å². The summed E-state index contributed by atoms with van der Waals surface area (Å²) in [4.78, 5) is 2.25. The Kier molecular flexibility index (Phi) is 4.81. The smallest absolute Gasteiger partial charge is 0.0426 e. The first-order chi connectivity index (χ1) is 6.74. The SMILES string of the molecule is CCCCCN(C)c1cccc(Cl)c1. The zero-order valence-electron chi connectivity index (χ0n) is 8.96. The molecule has 1 rings (SSSR count). The van der Waals surface area contributed by atoms with Crippen LogP contribution in [-0.4, -0.2) is 13.6 Å². The van der Waals surface area contributed by atoms with E-state index in [2.05, 4.69) is 24.9 Å². The van der Waals surface area contributed by atoms with E-state index in [9.17, 15) is 0 Å². The lowest BCUT2D eigenvalue weighted by atomic mass is 10.2. The number of hydrogen-bond acceptors (Lipinski definition) is 1. The van der Waals surface area contributed by atoms with Crippen LogP contribution in [0.3, 0.4) is 0 Å². The minimum absolute atomic E-state index is 0.810. The van der Waals surface area contributed by atoms with Gasteiger partial charge in [0.1, 0.15) is 0 Å². The molecular weight excluding hydrogens is 194 g/mol. The molecule has 1 aromatic rings. The van der Waals surface area contributed by atoms with E-state index in [1.807, 2.05) is 18.2 Å². The number of nitrogens with zero attached hydrogens (tertiary/aromatic N) is 1. The Morgan fingerprint density at radius 3 is 2.71 bits per heavy atom. The van der Waals surface area contributed by atoms with Gasteiger partial charge in [0.05, 0.1) is 0 Å². The van der Waals surface area contributed by atoms with Crippen molar-refractivity contribution in [3.05, 3.63) is 29.3 Å². The summed E-state index contributed by atoms with van der Waals surface area (Å²) in [7, 11) is 2.11. The summed E-state index contributed by atoms with van der Waals surface area (Å²) in [6.45, 7) is 3.33. The lowest BCUT2D eigenvalue weighted by Gasteiger charge is -2.19. The number of benzene rings is 1. The van der Waals surface area contributed by atoms with Crippen LogP contribution in [0.15, 0.2) is 24.3 Å². The second-order valence-electron chi connectivity index (χ2n) is 3.61. The van der Waals surface area contributed by atoms with E-state index in [-0.39, 0.29) is 0 Å². The van der Waals surface area contributed by atoms with Gasteiger partial charge < -0.3 is 4.90 Å². The topological polar surface area (TPSA) is 3.24 Å². The van der Waals surface area contributed by atoms with E-state index in [1.165, 1.54) is 24.9 Å². The van der Waals surface area contributed by atoms with Crippen LogP contribution < -0.4 is 4.90 Å². The molecule has 0 atom stereocenters. The maximum atomic E-state index is 5.92. The number of rotatable bonds is 5. The molecule has 0 saturated heterocycles. The zero-order chi connectivity index (χ0) is 10.4. The molecule has 0 bridgehead atoms. The van der Waals surface area contributed by atoms with Gasteiger partial charge in [0.2, 0.25) is 0 Å². The van der Waals surface area contributed by atoms with Crippen molar-refractivity contribution in [3.63, 3.8) is 0 Å². The molecule has 0 aromatic heterocycles. The molecular formula is C12H18ClN. The molecule has 0 aliphatic carbocycles. The predicted molar refractivity (Wildman–Crippen MR) is 64.2 cm³/mol. The highest BCUT2D eigenvalue weighted by Crippen LogP contribution is 2.18. The molecule has 0 spiro atoms. The van der Waals surface area contributed by atoms with E-state index >= 15 is 0 Å². The maximum absolute atomic E-state index is 5.92. The fraction of sp³-hybridized carbons (Fsp3) is 0.500. The highest BCUT2D eigenvalue weighted by atomic mass is 35.5. The van der Waals surface area contributed by atoms with Crippen LogP contribution in [0.4, 0.5) is 5.69 Å². The number of halogens is 1. The van der Waals surface area contributed by atoms with Crippen LogP contribution in [0.2, 0.25) is 5.02 Å². The van der Waals surface area contributed by atoms with E-state index < -0.39 is 0 Å². The second kappa shape index (κ2) is 5.92. The predicted octanol–water partition coefficient (Wildman–Crippen LogP) is 3.97. The molecule has 0 heterocycles. The molecule has 0 unspecified atom stereocenters. The van der Waals surface area contributed by atoms with Gasteiger partial charge in [-0.2, -0.15) is 0 Å². The molecule has 0 aliphatic heterocycles. The summed E-state index contributed by atoms with van der Waals surface area (Å²) in [5, 5.41) is 0.810. The number of anilines is 1. The van der Waals surface area contributed by atoms with Gasteiger partial charge in [-0.1, -0.05) is 37.4 Å². The van der Waals surface area contributed by atoms with Gasteiger partial charge in [0.15, 0.2) is 0 Å². The molecule has 1 aromatic carbocycles. The fourth-order valence-corrected chi connectivity index (χ4v) is 1.63. The number of hydrogen-bond donors (Lipinski definition) is 0. The Morgan fingerprint density at radius 1 is 1.29 bits per heavy atom.